The lowest BCUT2D eigenvalue weighted by atomic mass is 10.0. The average Bonchev–Trinajstić information content (AvgIpc) is 2.89. The van der Waals surface area contributed by atoms with Crippen molar-refractivity contribution in [3.05, 3.63) is 47.2 Å². The SMILES string of the molecule is CCN(CC)CCCc1ccc(Nc2cc(NCCCN3CCCOC3=O)c(C(F)(F)F)cn2)c(C(F)(F)F)c1. The van der Waals surface area contributed by atoms with Gasteiger partial charge in [-0.1, -0.05) is 19.9 Å². The molecule has 0 bridgehead atoms. The van der Waals surface area contributed by atoms with Crippen molar-refractivity contribution in [2.75, 3.05) is 56.5 Å². The van der Waals surface area contributed by atoms with Crippen molar-refractivity contribution < 1.29 is 35.9 Å². The van der Waals surface area contributed by atoms with E-state index >= 15 is 0 Å². The highest BCUT2D eigenvalue weighted by atomic mass is 19.4. The Hall–Kier alpha value is -3.22. The van der Waals surface area contributed by atoms with Gasteiger partial charge in [0.1, 0.15) is 5.82 Å². The van der Waals surface area contributed by atoms with Gasteiger partial charge in [0.05, 0.1) is 29.1 Å². The van der Waals surface area contributed by atoms with E-state index in [-0.39, 0.29) is 23.7 Å². The van der Waals surface area contributed by atoms with E-state index in [2.05, 4.69) is 20.5 Å². The minimum absolute atomic E-state index is 0.0896. The monoisotopic (exact) mass is 575 g/mol. The topological polar surface area (TPSA) is 69.7 Å². The first-order valence-electron chi connectivity index (χ1n) is 13.3. The third-order valence-corrected chi connectivity index (χ3v) is 6.67. The fraction of sp³-hybridized carbons (Fsp3) is 0.556. The van der Waals surface area contributed by atoms with Crippen LogP contribution in [0.15, 0.2) is 30.5 Å². The van der Waals surface area contributed by atoms with Crippen LogP contribution in [-0.4, -0.2) is 66.8 Å². The van der Waals surface area contributed by atoms with E-state index in [4.69, 9.17) is 4.74 Å². The van der Waals surface area contributed by atoms with E-state index in [1.807, 2.05) is 13.8 Å². The highest BCUT2D eigenvalue weighted by molar-refractivity contribution is 5.68. The Bertz CT molecular complexity index is 1120. The number of nitrogens with one attached hydrogen (secondary N) is 2. The molecule has 3 rings (SSSR count). The molecule has 0 unspecified atom stereocenters. The van der Waals surface area contributed by atoms with Crippen LogP contribution in [0.5, 0.6) is 0 Å². The van der Waals surface area contributed by atoms with Crippen LogP contribution in [-0.2, 0) is 23.5 Å². The number of cyclic esters (lactones) is 1. The number of halogens is 6. The third kappa shape index (κ3) is 8.90. The zero-order valence-electron chi connectivity index (χ0n) is 22.6. The van der Waals surface area contributed by atoms with Gasteiger partial charge in [-0.25, -0.2) is 9.78 Å². The highest BCUT2D eigenvalue weighted by Gasteiger charge is 2.36. The molecule has 0 aliphatic carbocycles. The quantitative estimate of drug-likeness (QED) is 0.203. The predicted molar refractivity (Wildman–Crippen MR) is 141 cm³/mol. The Morgan fingerprint density at radius 3 is 2.38 bits per heavy atom. The molecular formula is C27H35F6N5O2. The molecule has 2 N–H and O–H groups in total. The Labute approximate surface area is 229 Å². The largest absolute Gasteiger partial charge is 0.449 e. The van der Waals surface area contributed by atoms with Crippen LogP contribution < -0.4 is 10.6 Å². The number of aryl methyl sites for hydroxylation is 1. The lowest BCUT2D eigenvalue weighted by Crippen LogP contribution is -2.38. The molecule has 1 amide bonds. The van der Waals surface area contributed by atoms with E-state index in [1.54, 1.807) is 6.07 Å². The van der Waals surface area contributed by atoms with Gasteiger partial charge in [0.2, 0.25) is 0 Å². The second-order valence-corrected chi connectivity index (χ2v) is 9.48. The van der Waals surface area contributed by atoms with Gasteiger partial charge in [0, 0.05) is 31.9 Å². The summed E-state index contributed by atoms with van der Waals surface area (Å²) in [5, 5.41) is 5.24. The molecule has 2 aromatic rings. The van der Waals surface area contributed by atoms with Crippen molar-refractivity contribution in [3.8, 4) is 0 Å². The number of hydrogen-bond acceptors (Lipinski definition) is 6. The van der Waals surface area contributed by atoms with Gasteiger partial charge in [-0.2, -0.15) is 26.3 Å². The highest BCUT2D eigenvalue weighted by Crippen LogP contribution is 2.39. The van der Waals surface area contributed by atoms with Gasteiger partial charge in [0.25, 0.3) is 0 Å². The third-order valence-electron chi connectivity index (χ3n) is 6.67. The summed E-state index contributed by atoms with van der Waals surface area (Å²) in [5.74, 6) is -0.171. The average molecular weight is 576 g/mol. The first kappa shape index (κ1) is 31.3. The number of carbonyl (C=O) groups excluding carboxylic acids is 1. The second-order valence-electron chi connectivity index (χ2n) is 9.48. The molecule has 13 heteroatoms. The number of pyridine rings is 1. The molecule has 1 aromatic heterocycles. The summed E-state index contributed by atoms with van der Waals surface area (Å²) in [6.07, 6.45) is -7.12. The van der Waals surface area contributed by atoms with Gasteiger partial charge in [0.15, 0.2) is 0 Å². The first-order chi connectivity index (χ1) is 18.9. The Morgan fingerprint density at radius 2 is 1.73 bits per heavy atom. The minimum Gasteiger partial charge on any atom is -0.449 e. The molecule has 1 fully saturated rings. The number of anilines is 3. The van der Waals surface area contributed by atoms with Crippen molar-refractivity contribution in [2.24, 2.45) is 0 Å². The van der Waals surface area contributed by atoms with Crippen LogP contribution in [0.25, 0.3) is 0 Å². The van der Waals surface area contributed by atoms with Crippen molar-refractivity contribution in [1.29, 1.82) is 0 Å². The number of amides is 1. The van der Waals surface area contributed by atoms with Gasteiger partial charge in [-0.15, -0.1) is 0 Å². The van der Waals surface area contributed by atoms with Crippen molar-refractivity contribution in [1.82, 2.24) is 14.8 Å². The van der Waals surface area contributed by atoms with E-state index < -0.39 is 29.6 Å². The second kappa shape index (κ2) is 13.9. The fourth-order valence-corrected chi connectivity index (χ4v) is 4.46. The number of nitrogens with zero attached hydrogens (tertiary/aromatic N) is 3. The molecule has 1 saturated heterocycles. The lowest BCUT2D eigenvalue weighted by molar-refractivity contribution is -0.137. The lowest BCUT2D eigenvalue weighted by Gasteiger charge is -2.26. The van der Waals surface area contributed by atoms with Gasteiger partial charge < -0.3 is 25.2 Å². The van der Waals surface area contributed by atoms with Crippen LogP contribution in [0.3, 0.4) is 0 Å². The van der Waals surface area contributed by atoms with Crippen LogP contribution in [0.2, 0.25) is 0 Å². The molecule has 0 radical (unpaired) electrons. The molecule has 1 aliphatic heterocycles. The molecular weight excluding hydrogens is 540 g/mol. The molecule has 0 saturated carbocycles. The number of alkyl halides is 6. The normalized spacial score (nSPS) is 14.4. The van der Waals surface area contributed by atoms with Crippen LogP contribution in [0, 0.1) is 0 Å². The summed E-state index contributed by atoms with van der Waals surface area (Å²) < 4.78 is 87.5. The molecule has 0 atom stereocenters. The number of ether oxygens (including phenoxy) is 1. The number of aromatic nitrogens is 1. The molecule has 1 aliphatic rings. The van der Waals surface area contributed by atoms with Crippen LogP contribution in [0.1, 0.15) is 49.8 Å². The zero-order chi connectivity index (χ0) is 29.3. The molecule has 1 aromatic carbocycles. The summed E-state index contributed by atoms with van der Waals surface area (Å²) in [5.41, 5.74) is -2.08. The first-order valence-corrected chi connectivity index (χ1v) is 13.3. The number of carbonyl (C=O) groups is 1. The summed E-state index contributed by atoms with van der Waals surface area (Å²) >= 11 is 0. The summed E-state index contributed by atoms with van der Waals surface area (Å²) in [6.45, 7) is 7.75. The maximum atomic E-state index is 13.9. The van der Waals surface area contributed by atoms with Crippen LogP contribution in [0.4, 0.5) is 48.3 Å². The number of rotatable bonds is 13. The maximum absolute atomic E-state index is 13.9. The Balaban J connectivity index is 1.74. The van der Waals surface area contributed by atoms with Crippen molar-refractivity contribution >= 4 is 23.3 Å². The van der Waals surface area contributed by atoms with Crippen LogP contribution >= 0.6 is 0 Å². The number of hydrogen-bond donors (Lipinski definition) is 2. The summed E-state index contributed by atoms with van der Waals surface area (Å²) in [7, 11) is 0. The molecule has 2 heterocycles. The Kier molecular flexibility index (Phi) is 10.9. The zero-order valence-corrected chi connectivity index (χ0v) is 22.6. The van der Waals surface area contributed by atoms with E-state index in [1.165, 1.54) is 11.0 Å². The van der Waals surface area contributed by atoms with Crippen molar-refractivity contribution in [3.63, 3.8) is 0 Å². The molecule has 0 spiro atoms. The predicted octanol–water partition coefficient (Wildman–Crippen LogP) is 6.78. The molecule has 222 valence electrons. The number of benzene rings is 1. The van der Waals surface area contributed by atoms with Crippen molar-refractivity contribution in [2.45, 2.75) is 51.9 Å². The summed E-state index contributed by atoms with van der Waals surface area (Å²) in [6, 6.07) is 4.96. The molecule has 7 nitrogen and oxygen atoms in total. The van der Waals surface area contributed by atoms with Gasteiger partial charge >= 0.3 is 18.4 Å². The standard InChI is InChI=1S/C27H35F6N5O2/c1-3-37(4-2)12-5-8-19-9-10-22(20(16-19)26(28,29)30)36-24-17-23(21(18-35-24)27(31,32)33)34-11-6-13-38-14-7-15-40-25(38)39/h9-10,16-18H,3-8,11-15H2,1-2H3,(H2,34,35,36). The van der Waals surface area contributed by atoms with E-state index in [0.29, 0.717) is 57.1 Å². The summed E-state index contributed by atoms with van der Waals surface area (Å²) in [4.78, 5) is 19.1. The van der Waals surface area contributed by atoms with E-state index in [0.717, 1.165) is 31.8 Å². The van der Waals surface area contributed by atoms with Gasteiger partial charge in [-0.3, -0.25) is 0 Å². The molecule has 40 heavy (non-hydrogen) atoms. The van der Waals surface area contributed by atoms with E-state index in [9.17, 15) is 31.1 Å². The minimum atomic E-state index is -4.73. The Morgan fingerprint density at radius 1 is 1.00 bits per heavy atom. The maximum Gasteiger partial charge on any atom is 0.419 e. The fourth-order valence-electron chi connectivity index (χ4n) is 4.46. The van der Waals surface area contributed by atoms with Gasteiger partial charge in [-0.05, 0) is 63.0 Å². The smallest absolute Gasteiger partial charge is 0.419 e.